The summed E-state index contributed by atoms with van der Waals surface area (Å²) in [6, 6.07) is 14.1. The molecule has 1 unspecified atom stereocenters. The highest BCUT2D eigenvalue weighted by atomic mass is 127. The standard InChI is InChI=1S/C16H17IO2/c1-11-3-8-16(15(9-11)12(2)18)19-10-13-4-6-14(17)7-5-13/h3-9,12,18H,10H2,1-2H3. The first-order valence-corrected chi connectivity index (χ1v) is 7.30. The zero-order valence-electron chi connectivity index (χ0n) is 11.1. The Kier molecular flexibility index (Phi) is 4.82. The van der Waals surface area contributed by atoms with Gasteiger partial charge in [0.15, 0.2) is 0 Å². The predicted octanol–water partition coefficient (Wildman–Crippen LogP) is 4.23. The van der Waals surface area contributed by atoms with E-state index in [-0.39, 0.29) is 0 Å². The smallest absolute Gasteiger partial charge is 0.125 e. The van der Waals surface area contributed by atoms with Gasteiger partial charge in [-0.15, -0.1) is 0 Å². The number of hydrogen-bond donors (Lipinski definition) is 1. The van der Waals surface area contributed by atoms with Crippen LogP contribution in [-0.4, -0.2) is 5.11 Å². The lowest BCUT2D eigenvalue weighted by atomic mass is 10.1. The molecular formula is C16H17IO2. The van der Waals surface area contributed by atoms with Gasteiger partial charge in [-0.05, 0) is 66.3 Å². The Morgan fingerprint density at radius 1 is 1.16 bits per heavy atom. The van der Waals surface area contributed by atoms with Crippen molar-refractivity contribution in [3.8, 4) is 5.75 Å². The van der Waals surface area contributed by atoms with Crippen LogP contribution in [0.1, 0.15) is 29.7 Å². The molecule has 3 heteroatoms. The lowest BCUT2D eigenvalue weighted by molar-refractivity contribution is 0.190. The molecule has 100 valence electrons. The third-order valence-electron chi connectivity index (χ3n) is 2.92. The number of aliphatic hydroxyl groups is 1. The maximum Gasteiger partial charge on any atom is 0.125 e. The van der Waals surface area contributed by atoms with Crippen LogP contribution < -0.4 is 4.74 Å². The molecule has 0 bridgehead atoms. The first kappa shape index (κ1) is 14.3. The van der Waals surface area contributed by atoms with Crippen LogP contribution in [0.4, 0.5) is 0 Å². The van der Waals surface area contributed by atoms with Crippen molar-refractivity contribution < 1.29 is 9.84 Å². The van der Waals surface area contributed by atoms with E-state index in [0.717, 1.165) is 22.4 Å². The molecule has 1 atom stereocenters. The van der Waals surface area contributed by atoms with Crippen LogP contribution in [0, 0.1) is 10.5 Å². The molecule has 0 saturated carbocycles. The first-order chi connectivity index (χ1) is 9.06. The zero-order valence-corrected chi connectivity index (χ0v) is 13.2. The number of aliphatic hydroxyl groups excluding tert-OH is 1. The number of rotatable bonds is 4. The lowest BCUT2D eigenvalue weighted by Crippen LogP contribution is -2.01. The maximum absolute atomic E-state index is 9.78. The fourth-order valence-electron chi connectivity index (χ4n) is 1.87. The molecule has 2 rings (SSSR count). The van der Waals surface area contributed by atoms with E-state index >= 15 is 0 Å². The summed E-state index contributed by atoms with van der Waals surface area (Å²) in [6.07, 6.45) is -0.522. The highest BCUT2D eigenvalue weighted by Crippen LogP contribution is 2.27. The number of hydrogen-bond acceptors (Lipinski definition) is 2. The largest absolute Gasteiger partial charge is 0.489 e. The second-order valence-electron chi connectivity index (χ2n) is 4.63. The van der Waals surface area contributed by atoms with E-state index < -0.39 is 6.10 Å². The third-order valence-corrected chi connectivity index (χ3v) is 3.64. The van der Waals surface area contributed by atoms with Crippen LogP contribution in [-0.2, 0) is 6.61 Å². The van der Waals surface area contributed by atoms with Crippen LogP contribution >= 0.6 is 22.6 Å². The first-order valence-electron chi connectivity index (χ1n) is 6.22. The van der Waals surface area contributed by atoms with Crippen LogP contribution in [0.15, 0.2) is 42.5 Å². The topological polar surface area (TPSA) is 29.5 Å². The van der Waals surface area contributed by atoms with Gasteiger partial charge >= 0.3 is 0 Å². The van der Waals surface area contributed by atoms with Crippen molar-refractivity contribution in [3.63, 3.8) is 0 Å². The molecule has 0 aliphatic heterocycles. The molecule has 0 aliphatic rings. The molecule has 0 saturated heterocycles. The molecule has 0 aliphatic carbocycles. The fourth-order valence-corrected chi connectivity index (χ4v) is 2.23. The number of ether oxygens (including phenoxy) is 1. The Morgan fingerprint density at radius 2 is 1.84 bits per heavy atom. The van der Waals surface area contributed by atoms with E-state index in [1.54, 1.807) is 6.92 Å². The van der Waals surface area contributed by atoms with Crippen LogP contribution in [0.5, 0.6) is 5.75 Å². The van der Waals surface area contributed by atoms with Crippen molar-refractivity contribution >= 4 is 22.6 Å². The van der Waals surface area contributed by atoms with E-state index in [1.807, 2.05) is 25.1 Å². The minimum atomic E-state index is -0.522. The number of aryl methyl sites for hydroxylation is 1. The monoisotopic (exact) mass is 368 g/mol. The maximum atomic E-state index is 9.78. The van der Waals surface area contributed by atoms with Gasteiger partial charge in [-0.25, -0.2) is 0 Å². The summed E-state index contributed by atoms with van der Waals surface area (Å²) in [7, 11) is 0. The lowest BCUT2D eigenvalue weighted by Gasteiger charge is -2.14. The minimum absolute atomic E-state index is 0.514. The van der Waals surface area contributed by atoms with Crippen LogP contribution in [0.3, 0.4) is 0 Å². The molecule has 19 heavy (non-hydrogen) atoms. The van der Waals surface area contributed by atoms with Gasteiger partial charge < -0.3 is 9.84 Å². The normalized spacial score (nSPS) is 12.2. The average molecular weight is 368 g/mol. The second kappa shape index (κ2) is 6.39. The molecule has 2 nitrogen and oxygen atoms in total. The third kappa shape index (κ3) is 3.94. The van der Waals surface area contributed by atoms with Gasteiger partial charge in [0.1, 0.15) is 12.4 Å². The molecule has 2 aromatic carbocycles. The summed E-state index contributed by atoms with van der Waals surface area (Å²) in [5, 5.41) is 9.78. The fraction of sp³-hybridized carbons (Fsp3) is 0.250. The molecule has 2 aromatic rings. The summed E-state index contributed by atoms with van der Waals surface area (Å²) in [4.78, 5) is 0. The summed E-state index contributed by atoms with van der Waals surface area (Å²) < 4.78 is 7.03. The Bertz CT molecular complexity index is 547. The van der Waals surface area contributed by atoms with E-state index in [0.29, 0.717) is 6.61 Å². The van der Waals surface area contributed by atoms with Crippen molar-refractivity contribution in [2.75, 3.05) is 0 Å². The summed E-state index contributed by atoms with van der Waals surface area (Å²) in [5.41, 5.74) is 3.08. The number of halogens is 1. The van der Waals surface area contributed by atoms with Gasteiger partial charge in [0.2, 0.25) is 0 Å². The molecule has 0 radical (unpaired) electrons. The van der Waals surface area contributed by atoms with Crippen LogP contribution in [0.25, 0.3) is 0 Å². The second-order valence-corrected chi connectivity index (χ2v) is 5.88. The quantitative estimate of drug-likeness (QED) is 0.819. The van der Waals surface area contributed by atoms with Crippen molar-refractivity contribution in [3.05, 3.63) is 62.7 Å². The summed E-state index contributed by atoms with van der Waals surface area (Å²) in [6.45, 7) is 4.28. The molecule has 0 amide bonds. The van der Waals surface area contributed by atoms with Crippen molar-refractivity contribution in [1.29, 1.82) is 0 Å². The highest BCUT2D eigenvalue weighted by molar-refractivity contribution is 14.1. The van der Waals surface area contributed by atoms with Gasteiger partial charge in [-0.3, -0.25) is 0 Å². The van der Waals surface area contributed by atoms with Gasteiger partial charge in [0.05, 0.1) is 6.10 Å². The summed E-state index contributed by atoms with van der Waals surface area (Å²) >= 11 is 2.28. The van der Waals surface area contributed by atoms with Crippen molar-refractivity contribution in [2.24, 2.45) is 0 Å². The zero-order chi connectivity index (χ0) is 13.8. The van der Waals surface area contributed by atoms with Crippen LogP contribution in [0.2, 0.25) is 0 Å². The van der Waals surface area contributed by atoms with Gasteiger partial charge in [0, 0.05) is 9.13 Å². The SMILES string of the molecule is Cc1ccc(OCc2ccc(I)cc2)c(C(C)O)c1. The Hall–Kier alpha value is -1.07. The Balaban J connectivity index is 2.13. The highest BCUT2D eigenvalue weighted by Gasteiger charge is 2.09. The molecule has 1 N–H and O–H groups in total. The van der Waals surface area contributed by atoms with Crippen molar-refractivity contribution in [1.82, 2.24) is 0 Å². The van der Waals surface area contributed by atoms with Gasteiger partial charge in [-0.1, -0.05) is 23.8 Å². The van der Waals surface area contributed by atoms with Crippen molar-refractivity contribution in [2.45, 2.75) is 26.6 Å². The Morgan fingerprint density at radius 3 is 2.47 bits per heavy atom. The summed E-state index contributed by atoms with van der Waals surface area (Å²) in [5.74, 6) is 0.749. The minimum Gasteiger partial charge on any atom is -0.489 e. The van der Waals surface area contributed by atoms with Gasteiger partial charge in [-0.2, -0.15) is 0 Å². The molecule has 0 spiro atoms. The van der Waals surface area contributed by atoms with Gasteiger partial charge in [0.25, 0.3) is 0 Å². The molecule has 0 fully saturated rings. The van der Waals surface area contributed by atoms with E-state index in [1.165, 1.54) is 3.57 Å². The molecule has 0 aromatic heterocycles. The number of benzene rings is 2. The predicted molar refractivity (Wildman–Crippen MR) is 85.3 cm³/mol. The van der Waals surface area contributed by atoms with E-state index in [4.69, 9.17) is 4.74 Å². The van der Waals surface area contributed by atoms with E-state index in [2.05, 4.69) is 46.9 Å². The Labute approximate surface area is 127 Å². The molecular weight excluding hydrogens is 351 g/mol. The molecule has 0 heterocycles. The van der Waals surface area contributed by atoms with E-state index in [9.17, 15) is 5.11 Å². The average Bonchev–Trinajstić information content (AvgIpc) is 2.39.